The van der Waals surface area contributed by atoms with Crippen LogP contribution in [0.15, 0.2) is 47.5 Å². The molecule has 0 aliphatic carbocycles. The summed E-state index contributed by atoms with van der Waals surface area (Å²) in [6.07, 6.45) is 6.39. The summed E-state index contributed by atoms with van der Waals surface area (Å²) in [5.74, 6) is 0.602. The van der Waals surface area contributed by atoms with E-state index in [9.17, 15) is 4.79 Å². The zero-order valence-electron chi connectivity index (χ0n) is 18.2. The smallest absolute Gasteiger partial charge is 0.296 e. The van der Waals surface area contributed by atoms with Gasteiger partial charge in [-0.2, -0.15) is 0 Å². The van der Waals surface area contributed by atoms with Crippen molar-refractivity contribution in [1.29, 1.82) is 0 Å². The average molecular weight is 418 g/mol. The largest absolute Gasteiger partial charge is 0.328 e. The van der Waals surface area contributed by atoms with E-state index in [2.05, 4.69) is 70.6 Å². The number of rotatable bonds is 8. The molecule has 0 amide bonds. The van der Waals surface area contributed by atoms with E-state index in [1.807, 2.05) is 21.4 Å². The number of H-pyrrole nitrogens is 1. The predicted molar refractivity (Wildman–Crippen MR) is 120 cm³/mol. The first-order valence-electron chi connectivity index (χ1n) is 10.7. The highest BCUT2D eigenvalue weighted by Gasteiger charge is 2.16. The van der Waals surface area contributed by atoms with E-state index in [4.69, 9.17) is 0 Å². The maximum atomic E-state index is 13.0. The molecule has 0 saturated heterocycles. The van der Waals surface area contributed by atoms with Gasteiger partial charge in [0, 0.05) is 41.5 Å². The Labute approximate surface area is 181 Å². The Bertz CT molecular complexity index is 1200. The zero-order valence-corrected chi connectivity index (χ0v) is 18.2. The van der Waals surface area contributed by atoms with Gasteiger partial charge in [-0.15, -0.1) is 5.10 Å². The number of hydrogen-bond acceptors (Lipinski definition) is 5. The molecule has 0 unspecified atom stereocenters. The van der Waals surface area contributed by atoms with Crippen molar-refractivity contribution in [3.8, 4) is 22.5 Å². The summed E-state index contributed by atoms with van der Waals surface area (Å²) >= 11 is 0. The highest BCUT2D eigenvalue weighted by molar-refractivity contribution is 5.79. The van der Waals surface area contributed by atoms with Crippen LogP contribution in [-0.4, -0.2) is 34.7 Å². The molecule has 8 nitrogen and oxygen atoms in total. The van der Waals surface area contributed by atoms with Crippen LogP contribution in [0.3, 0.4) is 0 Å². The van der Waals surface area contributed by atoms with Gasteiger partial charge in [0.05, 0.1) is 6.54 Å². The Hall–Kier alpha value is -3.55. The molecular formula is C23H27N7O. The van der Waals surface area contributed by atoms with Gasteiger partial charge in [-0.25, -0.2) is 9.89 Å². The van der Waals surface area contributed by atoms with Crippen LogP contribution in [0.1, 0.15) is 43.6 Å². The first-order chi connectivity index (χ1) is 15.1. The van der Waals surface area contributed by atoms with Crippen LogP contribution < -0.4 is 5.69 Å². The minimum atomic E-state index is 0.0826. The standard InChI is InChI=1S/C23H27N7O/c1-4-6-21-16(3)29(13-5-2)23(31)30(21)15-17-7-9-18(10-8-17)20-14-24-12-11-19(20)22-25-27-28-26-22/h7-12,14H,4-6,13,15H2,1-3H3,(H,25,26,27,28). The number of nitrogens with zero attached hydrogens (tertiary/aromatic N) is 6. The minimum absolute atomic E-state index is 0.0826. The molecule has 1 N–H and O–H groups in total. The van der Waals surface area contributed by atoms with Crippen LogP contribution >= 0.6 is 0 Å². The number of benzene rings is 1. The number of aromatic amines is 1. The fourth-order valence-corrected chi connectivity index (χ4v) is 4.03. The van der Waals surface area contributed by atoms with Crippen molar-refractivity contribution >= 4 is 0 Å². The summed E-state index contributed by atoms with van der Waals surface area (Å²) < 4.78 is 3.84. The lowest BCUT2D eigenvalue weighted by atomic mass is 10.0. The van der Waals surface area contributed by atoms with Crippen molar-refractivity contribution < 1.29 is 0 Å². The lowest BCUT2D eigenvalue weighted by Crippen LogP contribution is -2.25. The van der Waals surface area contributed by atoms with Crippen LogP contribution in [0.5, 0.6) is 0 Å². The summed E-state index contributed by atoms with van der Waals surface area (Å²) in [6.45, 7) is 7.63. The molecule has 160 valence electrons. The number of imidazole rings is 1. The molecule has 0 radical (unpaired) electrons. The van der Waals surface area contributed by atoms with Gasteiger partial charge < -0.3 is 0 Å². The molecule has 0 bridgehead atoms. The highest BCUT2D eigenvalue weighted by atomic mass is 16.1. The van der Waals surface area contributed by atoms with Gasteiger partial charge in [0.25, 0.3) is 0 Å². The number of hydrogen-bond donors (Lipinski definition) is 1. The molecule has 0 aliphatic rings. The Balaban J connectivity index is 1.66. The normalized spacial score (nSPS) is 11.2. The van der Waals surface area contributed by atoms with Gasteiger partial charge in [-0.3, -0.25) is 14.1 Å². The van der Waals surface area contributed by atoms with Crippen LogP contribution in [0.25, 0.3) is 22.5 Å². The zero-order chi connectivity index (χ0) is 21.8. The second-order valence-electron chi connectivity index (χ2n) is 7.67. The summed E-state index contributed by atoms with van der Waals surface area (Å²) in [5.41, 5.74) is 6.25. The Kier molecular flexibility index (Phi) is 6.06. The van der Waals surface area contributed by atoms with E-state index >= 15 is 0 Å². The van der Waals surface area contributed by atoms with Gasteiger partial charge in [-0.05, 0) is 47.4 Å². The maximum Gasteiger partial charge on any atom is 0.328 e. The van der Waals surface area contributed by atoms with Crippen molar-refractivity contribution in [2.24, 2.45) is 0 Å². The Morgan fingerprint density at radius 1 is 1.00 bits per heavy atom. The predicted octanol–water partition coefficient (Wildman–Crippen LogP) is 3.61. The summed E-state index contributed by atoms with van der Waals surface area (Å²) in [4.78, 5) is 17.3. The fraction of sp³-hybridized carbons (Fsp3) is 0.348. The van der Waals surface area contributed by atoms with Gasteiger partial charge in [0.15, 0.2) is 5.82 Å². The Morgan fingerprint density at radius 2 is 1.81 bits per heavy atom. The summed E-state index contributed by atoms with van der Waals surface area (Å²) in [5, 5.41) is 14.2. The van der Waals surface area contributed by atoms with E-state index in [0.29, 0.717) is 12.4 Å². The van der Waals surface area contributed by atoms with Crippen molar-refractivity contribution in [1.82, 2.24) is 34.7 Å². The number of nitrogens with one attached hydrogen (secondary N) is 1. The minimum Gasteiger partial charge on any atom is -0.296 e. The molecule has 4 aromatic rings. The molecule has 8 heteroatoms. The van der Waals surface area contributed by atoms with Crippen LogP contribution in [0, 0.1) is 6.92 Å². The Morgan fingerprint density at radius 3 is 2.48 bits per heavy atom. The van der Waals surface area contributed by atoms with Crippen LogP contribution in [0.4, 0.5) is 0 Å². The first kappa shape index (κ1) is 20.7. The molecule has 0 saturated carbocycles. The second kappa shape index (κ2) is 9.07. The molecular weight excluding hydrogens is 390 g/mol. The molecule has 0 spiro atoms. The summed E-state index contributed by atoms with van der Waals surface area (Å²) in [7, 11) is 0. The molecule has 31 heavy (non-hydrogen) atoms. The third-order valence-corrected chi connectivity index (χ3v) is 5.57. The lowest BCUT2D eigenvalue weighted by molar-refractivity contribution is 0.612. The van der Waals surface area contributed by atoms with Crippen molar-refractivity contribution in [3.05, 3.63) is 70.2 Å². The van der Waals surface area contributed by atoms with E-state index < -0.39 is 0 Å². The molecule has 3 aromatic heterocycles. The molecule has 0 fully saturated rings. The number of pyridine rings is 1. The van der Waals surface area contributed by atoms with E-state index in [1.54, 1.807) is 6.20 Å². The van der Waals surface area contributed by atoms with Crippen LogP contribution in [0.2, 0.25) is 0 Å². The van der Waals surface area contributed by atoms with Gasteiger partial charge in [0.1, 0.15) is 0 Å². The number of aromatic nitrogens is 7. The highest BCUT2D eigenvalue weighted by Crippen LogP contribution is 2.29. The molecule has 0 atom stereocenters. The lowest BCUT2D eigenvalue weighted by Gasteiger charge is -2.10. The third kappa shape index (κ3) is 4.05. The monoisotopic (exact) mass is 417 g/mol. The molecule has 4 rings (SSSR count). The first-order valence-corrected chi connectivity index (χ1v) is 10.7. The SMILES string of the molecule is CCCc1c(C)n(CCC)c(=O)n1Cc1ccc(-c2cnccc2-c2nnn[nH]2)cc1. The molecule has 1 aromatic carbocycles. The van der Waals surface area contributed by atoms with Crippen molar-refractivity contribution in [2.75, 3.05) is 0 Å². The second-order valence-corrected chi connectivity index (χ2v) is 7.67. The topological polar surface area (TPSA) is 94.3 Å². The van der Waals surface area contributed by atoms with Gasteiger partial charge >= 0.3 is 5.69 Å². The average Bonchev–Trinajstić information content (AvgIpc) is 3.40. The fourth-order valence-electron chi connectivity index (χ4n) is 4.03. The van der Waals surface area contributed by atoms with E-state index in [1.165, 1.54) is 0 Å². The van der Waals surface area contributed by atoms with Crippen molar-refractivity contribution in [3.63, 3.8) is 0 Å². The van der Waals surface area contributed by atoms with Crippen LogP contribution in [-0.2, 0) is 19.5 Å². The van der Waals surface area contributed by atoms with Gasteiger partial charge in [0.2, 0.25) is 0 Å². The molecule has 3 heterocycles. The third-order valence-electron chi connectivity index (χ3n) is 5.57. The quantitative estimate of drug-likeness (QED) is 0.473. The molecule has 0 aliphatic heterocycles. The van der Waals surface area contributed by atoms with E-state index in [0.717, 1.165) is 59.4 Å². The number of tetrazole rings is 1. The maximum absolute atomic E-state index is 13.0. The van der Waals surface area contributed by atoms with Gasteiger partial charge in [-0.1, -0.05) is 44.5 Å². The van der Waals surface area contributed by atoms with E-state index in [-0.39, 0.29) is 5.69 Å². The van der Waals surface area contributed by atoms with Crippen molar-refractivity contribution in [2.45, 2.75) is 53.1 Å². The summed E-state index contributed by atoms with van der Waals surface area (Å²) in [6, 6.07) is 10.1.